The molecule has 20 heavy (non-hydrogen) atoms. The van der Waals surface area contributed by atoms with Crippen LogP contribution in [0.15, 0.2) is 53.4 Å². The van der Waals surface area contributed by atoms with Crippen LogP contribution in [0.5, 0.6) is 5.75 Å². The monoisotopic (exact) mass is 291 g/mol. The molecular formula is C16H18FNOS. The molecule has 2 nitrogen and oxygen atoms in total. The fraction of sp³-hybridized carbons (Fsp3) is 0.250. The lowest BCUT2D eigenvalue weighted by Gasteiger charge is -2.08. The number of nitrogens with two attached hydrogens (primary N) is 1. The molecule has 0 saturated heterocycles. The van der Waals surface area contributed by atoms with Crippen LogP contribution in [0, 0.1) is 5.82 Å². The van der Waals surface area contributed by atoms with Crippen molar-refractivity contribution in [3.8, 4) is 5.75 Å². The SMILES string of the molecule is NCCc1cc(F)cc(OCCSc2ccccc2)c1. The minimum absolute atomic E-state index is 0.276. The first kappa shape index (κ1) is 14.9. The van der Waals surface area contributed by atoms with Crippen LogP contribution in [0.1, 0.15) is 5.56 Å². The first-order valence-electron chi connectivity index (χ1n) is 6.58. The van der Waals surface area contributed by atoms with Gasteiger partial charge in [0.05, 0.1) is 6.61 Å². The highest BCUT2D eigenvalue weighted by Gasteiger charge is 2.02. The Morgan fingerprint density at radius 1 is 1.10 bits per heavy atom. The van der Waals surface area contributed by atoms with Gasteiger partial charge in [0.1, 0.15) is 11.6 Å². The minimum atomic E-state index is -0.276. The number of thioether (sulfide) groups is 1. The van der Waals surface area contributed by atoms with Crippen molar-refractivity contribution in [2.45, 2.75) is 11.3 Å². The number of halogens is 1. The van der Waals surface area contributed by atoms with Crippen molar-refractivity contribution in [2.75, 3.05) is 18.9 Å². The molecule has 2 rings (SSSR count). The average Bonchev–Trinajstić information content (AvgIpc) is 2.45. The van der Waals surface area contributed by atoms with Crippen molar-refractivity contribution in [1.29, 1.82) is 0 Å². The Balaban J connectivity index is 1.81. The molecule has 2 N–H and O–H groups in total. The molecule has 0 fully saturated rings. The molecule has 0 aliphatic heterocycles. The van der Waals surface area contributed by atoms with Crippen LogP contribution in [0.3, 0.4) is 0 Å². The number of benzene rings is 2. The predicted molar refractivity (Wildman–Crippen MR) is 81.8 cm³/mol. The maximum absolute atomic E-state index is 13.4. The zero-order chi connectivity index (χ0) is 14.2. The second-order valence-electron chi connectivity index (χ2n) is 4.34. The molecule has 0 spiro atoms. The highest BCUT2D eigenvalue weighted by atomic mass is 32.2. The fourth-order valence-corrected chi connectivity index (χ4v) is 2.60. The van der Waals surface area contributed by atoms with Crippen LogP contribution in [-0.4, -0.2) is 18.9 Å². The predicted octanol–water partition coefficient (Wildman–Crippen LogP) is 3.50. The molecule has 0 amide bonds. The fourth-order valence-electron chi connectivity index (χ4n) is 1.85. The summed E-state index contributed by atoms with van der Waals surface area (Å²) in [5, 5.41) is 0. The van der Waals surface area contributed by atoms with Crippen molar-refractivity contribution in [3.63, 3.8) is 0 Å². The molecule has 0 bridgehead atoms. The van der Waals surface area contributed by atoms with Crippen LogP contribution >= 0.6 is 11.8 Å². The molecule has 0 atom stereocenters. The molecule has 0 aromatic heterocycles. The number of ether oxygens (including phenoxy) is 1. The summed E-state index contributed by atoms with van der Waals surface area (Å²) in [4.78, 5) is 1.21. The molecular weight excluding hydrogens is 273 g/mol. The van der Waals surface area contributed by atoms with E-state index in [-0.39, 0.29) is 5.82 Å². The summed E-state index contributed by atoms with van der Waals surface area (Å²) in [7, 11) is 0. The van der Waals surface area contributed by atoms with Gasteiger partial charge in [0.25, 0.3) is 0 Å². The Morgan fingerprint density at radius 3 is 2.65 bits per heavy atom. The van der Waals surface area contributed by atoms with Gasteiger partial charge in [-0.15, -0.1) is 11.8 Å². The highest BCUT2D eigenvalue weighted by Crippen LogP contribution is 2.19. The van der Waals surface area contributed by atoms with E-state index in [1.165, 1.54) is 17.0 Å². The van der Waals surface area contributed by atoms with Crippen molar-refractivity contribution in [2.24, 2.45) is 5.73 Å². The van der Waals surface area contributed by atoms with Crippen molar-refractivity contribution < 1.29 is 9.13 Å². The zero-order valence-electron chi connectivity index (χ0n) is 11.2. The van der Waals surface area contributed by atoms with Gasteiger partial charge in [0.15, 0.2) is 0 Å². The molecule has 2 aromatic carbocycles. The minimum Gasteiger partial charge on any atom is -0.493 e. The summed E-state index contributed by atoms with van der Waals surface area (Å²) in [6, 6.07) is 14.9. The summed E-state index contributed by atoms with van der Waals surface area (Å²) < 4.78 is 19.0. The smallest absolute Gasteiger partial charge is 0.127 e. The second-order valence-corrected chi connectivity index (χ2v) is 5.51. The Hall–Kier alpha value is -1.52. The summed E-state index contributed by atoms with van der Waals surface area (Å²) in [6.45, 7) is 1.05. The third-order valence-corrected chi connectivity index (χ3v) is 3.70. The summed E-state index contributed by atoms with van der Waals surface area (Å²) in [5.41, 5.74) is 6.35. The number of rotatable bonds is 7. The van der Waals surface area contributed by atoms with Gasteiger partial charge in [-0.2, -0.15) is 0 Å². The first-order chi connectivity index (χ1) is 9.78. The molecule has 2 aromatic rings. The second kappa shape index (κ2) is 7.92. The van der Waals surface area contributed by atoms with Gasteiger partial charge in [0, 0.05) is 16.7 Å². The quantitative estimate of drug-likeness (QED) is 0.626. The van der Waals surface area contributed by atoms with Gasteiger partial charge in [-0.05, 0) is 42.8 Å². The summed E-state index contributed by atoms with van der Waals surface area (Å²) >= 11 is 1.72. The van der Waals surface area contributed by atoms with E-state index in [4.69, 9.17) is 10.5 Å². The summed E-state index contributed by atoms with van der Waals surface area (Å²) in [6.07, 6.45) is 0.660. The molecule has 0 radical (unpaired) electrons. The topological polar surface area (TPSA) is 35.2 Å². The molecule has 0 heterocycles. The third-order valence-electron chi connectivity index (χ3n) is 2.73. The van der Waals surface area contributed by atoms with E-state index in [9.17, 15) is 4.39 Å². The normalized spacial score (nSPS) is 10.5. The van der Waals surface area contributed by atoms with Crippen LogP contribution in [0.2, 0.25) is 0 Å². The van der Waals surface area contributed by atoms with Crippen LogP contribution < -0.4 is 10.5 Å². The van der Waals surface area contributed by atoms with Crippen molar-refractivity contribution in [1.82, 2.24) is 0 Å². The third kappa shape index (κ3) is 4.87. The Labute approximate surface area is 123 Å². The Kier molecular flexibility index (Phi) is 5.89. The first-order valence-corrected chi connectivity index (χ1v) is 7.56. The van der Waals surface area contributed by atoms with Gasteiger partial charge in [0.2, 0.25) is 0 Å². The van der Waals surface area contributed by atoms with E-state index in [1.54, 1.807) is 11.8 Å². The highest BCUT2D eigenvalue weighted by molar-refractivity contribution is 7.99. The summed E-state index contributed by atoms with van der Waals surface area (Å²) in [5.74, 6) is 1.12. The van der Waals surface area contributed by atoms with Gasteiger partial charge in [-0.1, -0.05) is 18.2 Å². The maximum Gasteiger partial charge on any atom is 0.127 e. The van der Waals surface area contributed by atoms with Gasteiger partial charge >= 0.3 is 0 Å². The zero-order valence-corrected chi connectivity index (χ0v) is 12.0. The van der Waals surface area contributed by atoms with Crippen LogP contribution in [0.25, 0.3) is 0 Å². The molecule has 4 heteroatoms. The largest absolute Gasteiger partial charge is 0.493 e. The lowest BCUT2D eigenvalue weighted by molar-refractivity contribution is 0.341. The van der Waals surface area contributed by atoms with E-state index in [0.717, 1.165) is 11.3 Å². The van der Waals surface area contributed by atoms with Gasteiger partial charge in [-0.25, -0.2) is 4.39 Å². The van der Waals surface area contributed by atoms with E-state index >= 15 is 0 Å². The number of hydrogen-bond acceptors (Lipinski definition) is 3. The lowest BCUT2D eigenvalue weighted by atomic mass is 10.1. The molecule has 0 saturated carbocycles. The van der Waals surface area contributed by atoms with E-state index in [1.807, 2.05) is 24.3 Å². The van der Waals surface area contributed by atoms with E-state index < -0.39 is 0 Å². The standard InChI is InChI=1S/C16H18FNOS/c17-14-10-13(6-7-18)11-15(12-14)19-8-9-20-16-4-2-1-3-5-16/h1-5,10-12H,6-9,18H2. The number of hydrogen-bond donors (Lipinski definition) is 1. The Bertz CT molecular complexity index is 533. The average molecular weight is 291 g/mol. The van der Waals surface area contributed by atoms with Crippen LogP contribution in [0.4, 0.5) is 4.39 Å². The molecule has 0 aliphatic rings. The van der Waals surface area contributed by atoms with E-state index in [2.05, 4.69) is 12.1 Å². The van der Waals surface area contributed by atoms with Crippen LogP contribution in [-0.2, 0) is 6.42 Å². The Morgan fingerprint density at radius 2 is 1.90 bits per heavy atom. The van der Waals surface area contributed by atoms with Gasteiger partial charge < -0.3 is 10.5 Å². The maximum atomic E-state index is 13.4. The molecule has 0 unspecified atom stereocenters. The molecule has 106 valence electrons. The lowest BCUT2D eigenvalue weighted by Crippen LogP contribution is -2.04. The van der Waals surface area contributed by atoms with E-state index in [0.29, 0.717) is 25.3 Å². The van der Waals surface area contributed by atoms with Crippen molar-refractivity contribution in [3.05, 3.63) is 59.9 Å². The van der Waals surface area contributed by atoms with Crippen molar-refractivity contribution >= 4 is 11.8 Å². The molecule has 0 aliphatic carbocycles. The van der Waals surface area contributed by atoms with Gasteiger partial charge in [-0.3, -0.25) is 0 Å².